The van der Waals surface area contributed by atoms with Crippen LogP contribution < -0.4 is 11.1 Å². The molecule has 0 aliphatic rings. The zero-order chi connectivity index (χ0) is 14.0. The fourth-order valence-corrected chi connectivity index (χ4v) is 2.18. The maximum Gasteiger partial charge on any atom is 0.257 e. The number of rotatable bonds is 2. The molecule has 4 heteroatoms. The Bertz CT molecular complexity index is 618. The van der Waals surface area contributed by atoms with E-state index >= 15 is 0 Å². The molecular formula is C15H15ClN2O. The van der Waals surface area contributed by atoms with E-state index in [1.807, 2.05) is 32.0 Å². The summed E-state index contributed by atoms with van der Waals surface area (Å²) in [5.41, 5.74) is 9.41. The molecule has 2 aromatic carbocycles. The molecule has 2 aromatic rings. The van der Waals surface area contributed by atoms with Gasteiger partial charge in [-0.3, -0.25) is 4.79 Å². The van der Waals surface area contributed by atoms with Crippen LogP contribution >= 0.6 is 11.6 Å². The van der Waals surface area contributed by atoms with Gasteiger partial charge < -0.3 is 11.1 Å². The molecule has 0 bridgehead atoms. The molecule has 1 amide bonds. The predicted molar refractivity (Wildman–Crippen MR) is 79.7 cm³/mol. The van der Waals surface area contributed by atoms with Crippen molar-refractivity contribution in [1.82, 2.24) is 0 Å². The van der Waals surface area contributed by atoms with Crippen LogP contribution in [0, 0.1) is 13.8 Å². The van der Waals surface area contributed by atoms with Crippen molar-refractivity contribution >= 4 is 28.9 Å². The number of carbonyl (C=O) groups is 1. The minimum atomic E-state index is -0.234. The Hall–Kier alpha value is -2.00. The number of nitrogens with one attached hydrogen (secondary N) is 1. The van der Waals surface area contributed by atoms with Crippen LogP contribution in [0.15, 0.2) is 36.4 Å². The molecule has 0 heterocycles. The van der Waals surface area contributed by atoms with Gasteiger partial charge in [-0.25, -0.2) is 0 Å². The largest absolute Gasteiger partial charge is 0.399 e. The first-order valence-electron chi connectivity index (χ1n) is 5.91. The summed E-state index contributed by atoms with van der Waals surface area (Å²) >= 11 is 6.03. The zero-order valence-corrected chi connectivity index (χ0v) is 11.6. The number of benzene rings is 2. The molecule has 0 unspecified atom stereocenters. The summed E-state index contributed by atoms with van der Waals surface area (Å²) in [7, 11) is 0. The molecule has 98 valence electrons. The molecule has 0 atom stereocenters. The van der Waals surface area contributed by atoms with Crippen molar-refractivity contribution in [2.75, 3.05) is 11.1 Å². The second kappa shape index (κ2) is 5.33. The van der Waals surface area contributed by atoms with Crippen molar-refractivity contribution in [1.29, 1.82) is 0 Å². The van der Waals surface area contributed by atoms with Crippen LogP contribution in [0.5, 0.6) is 0 Å². The molecule has 0 fully saturated rings. The molecule has 2 rings (SSSR count). The lowest BCUT2D eigenvalue weighted by molar-refractivity contribution is 0.102. The molecular weight excluding hydrogens is 260 g/mol. The highest BCUT2D eigenvalue weighted by atomic mass is 35.5. The van der Waals surface area contributed by atoms with Gasteiger partial charge in [0.05, 0.1) is 10.6 Å². The highest BCUT2D eigenvalue weighted by Gasteiger charge is 2.12. The van der Waals surface area contributed by atoms with Gasteiger partial charge in [-0.05, 0) is 43.2 Å². The van der Waals surface area contributed by atoms with Crippen molar-refractivity contribution in [3.05, 3.63) is 58.1 Å². The van der Waals surface area contributed by atoms with Crippen LogP contribution in [-0.2, 0) is 0 Å². The molecule has 0 aliphatic carbocycles. The van der Waals surface area contributed by atoms with Crippen LogP contribution in [0.25, 0.3) is 0 Å². The first-order valence-corrected chi connectivity index (χ1v) is 6.29. The lowest BCUT2D eigenvalue weighted by Gasteiger charge is -2.12. The number of nitrogen functional groups attached to an aromatic ring is 1. The zero-order valence-electron chi connectivity index (χ0n) is 10.8. The summed E-state index contributed by atoms with van der Waals surface area (Å²) in [6.45, 7) is 3.90. The van der Waals surface area contributed by atoms with Crippen molar-refractivity contribution < 1.29 is 4.79 Å². The average Bonchev–Trinajstić information content (AvgIpc) is 2.33. The SMILES string of the molecule is Cc1cccc(C)c1NC(=O)c1ccc(N)cc1Cl. The molecule has 0 saturated carbocycles. The number of anilines is 2. The van der Waals surface area contributed by atoms with Gasteiger partial charge in [-0.15, -0.1) is 0 Å². The minimum absolute atomic E-state index is 0.234. The lowest BCUT2D eigenvalue weighted by atomic mass is 10.1. The second-order valence-corrected chi connectivity index (χ2v) is 4.87. The summed E-state index contributed by atoms with van der Waals surface area (Å²) in [5.74, 6) is -0.234. The maximum absolute atomic E-state index is 12.2. The van der Waals surface area contributed by atoms with Gasteiger partial charge in [0.2, 0.25) is 0 Å². The predicted octanol–water partition coefficient (Wildman–Crippen LogP) is 3.79. The Morgan fingerprint density at radius 1 is 1.16 bits per heavy atom. The number of para-hydroxylation sites is 1. The Labute approximate surface area is 117 Å². The van der Waals surface area contributed by atoms with Gasteiger partial charge in [0.15, 0.2) is 0 Å². The maximum atomic E-state index is 12.2. The van der Waals surface area contributed by atoms with Crippen molar-refractivity contribution in [2.24, 2.45) is 0 Å². The van der Waals surface area contributed by atoms with Crippen molar-refractivity contribution in [3.63, 3.8) is 0 Å². The Morgan fingerprint density at radius 3 is 2.37 bits per heavy atom. The van der Waals surface area contributed by atoms with Crippen LogP contribution in [-0.4, -0.2) is 5.91 Å². The third-order valence-electron chi connectivity index (χ3n) is 2.96. The lowest BCUT2D eigenvalue weighted by Crippen LogP contribution is -2.14. The third-order valence-corrected chi connectivity index (χ3v) is 3.27. The number of aryl methyl sites for hydroxylation is 2. The van der Waals surface area contributed by atoms with Gasteiger partial charge in [-0.2, -0.15) is 0 Å². The third kappa shape index (κ3) is 2.88. The summed E-state index contributed by atoms with van der Waals surface area (Å²) in [6, 6.07) is 10.7. The normalized spacial score (nSPS) is 10.3. The Kier molecular flexibility index (Phi) is 3.76. The van der Waals surface area contributed by atoms with E-state index in [0.717, 1.165) is 16.8 Å². The number of halogens is 1. The molecule has 3 nitrogen and oxygen atoms in total. The van der Waals surface area contributed by atoms with E-state index in [9.17, 15) is 4.79 Å². The van der Waals surface area contributed by atoms with Gasteiger partial charge in [0.25, 0.3) is 5.91 Å². The number of nitrogens with two attached hydrogens (primary N) is 1. The Morgan fingerprint density at radius 2 is 1.79 bits per heavy atom. The van der Waals surface area contributed by atoms with E-state index in [1.165, 1.54) is 0 Å². The topological polar surface area (TPSA) is 55.1 Å². The van der Waals surface area contributed by atoms with Crippen LogP contribution in [0.2, 0.25) is 5.02 Å². The monoisotopic (exact) mass is 274 g/mol. The first kappa shape index (κ1) is 13.4. The first-order chi connectivity index (χ1) is 8.99. The van der Waals surface area contributed by atoms with Gasteiger partial charge in [0.1, 0.15) is 0 Å². The molecule has 0 spiro atoms. The molecule has 0 aromatic heterocycles. The van der Waals surface area contributed by atoms with Crippen molar-refractivity contribution in [2.45, 2.75) is 13.8 Å². The number of hydrogen-bond donors (Lipinski definition) is 2. The quantitative estimate of drug-likeness (QED) is 0.819. The molecule has 0 aliphatic heterocycles. The summed E-state index contributed by atoms with van der Waals surface area (Å²) < 4.78 is 0. The van der Waals surface area contributed by atoms with Crippen LogP contribution in [0.4, 0.5) is 11.4 Å². The highest BCUT2D eigenvalue weighted by Crippen LogP contribution is 2.23. The van der Waals surface area contributed by atoms with Gasteiger partial charge in [0, 0.05) is 11.4 Å². The average molecular weight is 275 g/mol. The molecule has 3 N–H and O–H groups in total. The van der Waals surface area contributed by atoms with E-state index < -0.39 is 0 Å². The van der Waals surface area contributed by atoms with E-state index in [4.69, 9.17) is 17.3 Å². The highest BCUT2D eigenvalue weighted by molar-refractivity contribution is 6.34. The summed E-state index contributed by atoms with van der Waals surface area (Å²) in [6.07, 6.45) is 0. The van der Waals surface area contributed by atoms with E-state index in [2.05, 4.69) is 5.32 Å². The molecule has 0 saturated heterocycles. The van der Waals surface area contributed by atoms with E-state index in [1.54, 1.807) is 18.2 Å². The van der Waals surface area contributed by atoms with E-state index in [0.29, 0.717) is 16.3 Å². The van der Waals surface area contributed by atoms with E-state index in [-0.39, 0.29) is 5.91 Å². The summed E-state index contributed by atoms with van der Waals surface area (Å²) in [4.78, 5) is 12.2. The fourth-order valence-electron chi connectivity index (χ4n) is 1.91. The van der Waals surface area contributed by atoms with Crippen molar-refractivity contribution in [3.8, 4) is 0 Å². The minimum Gasteiger partial charge on any atom is -0.399 e. The number of hydrogen-bond acceptors (Lipinski definition) is 2. The summed E-state index contributed by atoms with van der Waals surface area (Å²) in [5, 5.41) is 3.24. The standard InChI is InChI=1S/C15H15ClN2O/c1-9-4-3-5-10(2)14(9)18-15(19)12-7-6-11(17)8-13(12)16/h3-8H,17H2,1-2H3,(H,18,19). The molecule has 0 radical (unpaired) electrons. The van der Waals surface area contributed by atoms with Gasteiger partial charge >= 0.3 is 0 Å². The Balaban J connectivity index is 2.31. The molecule has 19 heavy (non-hydrogen) atoms. The number of amides is 1. The smallest absolute Gasteiger partial charge is 0.257 e. The number of carbonyl (C=O) groups excluding carboxylic acids is 1. The second-order valence-electron chi connectivity index (χ2n) is 4.46. The van der Waals surface area contributed by atoms with Crippen LogP contribution in [0.1, 0.15) is 21.5 Å². The van der Waals surface area contributed by atoms with Gasteiger partial charge in [-0.1, -0.05) is 29.8 Å². The van der Waals surface area contributed by atoms with Crippen LogP contribution in [0.3, 0.4) is 0 Å². The fraction of sp³-hybridized carbons (Fsp3) is 0.133.